The van der Waals surface area contributed by atoms with Gasteiger partial charge in [0.15, 0.2) is 0 Å². The summed E-state index contributed by atoms with van der Waals surface area (Å²) in [6, 6.07) is 16.1. The SMILES string of the molecule is CN(CC(=O)N1CCC(c2nc3ccccc3s2)CC1)Cc1ccc(Cl)cc1. The smallest absolute Gasteiger partial charge is 0.236 e. The van der Waals surface area contributed by atoms with Crippen LogP contribution in [0.3, 0.4) is 0 Å². The van der Waals surface area contributed by atoms with E-state index < -0.39 is 0 Å². The lowest BCUT2D eigenvalue weighted by atomic mass is 9.97. The zero-order valence-electron chi connectivity index (χ0n) is 16.0. The molecule has 2 heterocycles. The van der Waals surface area contributed by atoms with E-state index in [1.54, 1.807) is 11.3 Å². The van der Waals surface area contributed by atoms with E-state index in [9.17, 15) is 4.79 Å². The van der Waals surface area contributed by atoms with Crippen molar-refractivity contribution in [3.8, 4) is 0 Å². The Morgan fingerprint density at radius 2 is 1.89 bits per heavy atom. The summed E-state index contributed by atoms with van der Waals surface area (Å²) in [4.78, 5) is 21.6. The van der Waals surface area contributed by atoms with Crippen molar-refractivity contribution in [1.82, 2.24) is 14.8 Å². The third-order valence-corrected chi connectivity index (χ3v) is 6.73. The van der Waals surface area contributed by atoms with Gasteiger partial charge < -0.3 is 4.90 Å². The van der Waals surface area contributed by atoms with Crippen LogP contribution in [0.1, 0.15) is 29.3 Å². The molecule has 0 spiro atoms. The Kier molecular flexibility index (Phi) is 5.95. The molecule has 28 heavy (non-hydrogen) atoms. The number of amides is 1. The number of aromatic nitrogens is 1. The molecule has 1 aliphatic heterocycles. The standard InChI is InChI=1S/C22H24ClN3OS/c1-25(14-16-6-8-18(23)9-7-16)15-21(27)26-12-10-17(11-13-26)22-24-19-4-2-3-5-20(19)28-22/h2-9,17H,10-15H2,1H3. The second kappa shape index (κ2) is 8.60. The minimum Gasteiger partial charge on any atom is -0.342 e. The maximum absolute atomic E-state index is 12.7. The van der Waals surface area contributed by atoms with Gasteiger partial charge in [0.05, 0.1) is 21.8 Å². The van der Waals surface area contributed by atoms with Gasteiger partial charge in [-0.25, -0.2) is 4.98 Å². The predicted octanol–water partition coefficient (Wildman–Crippen LogP) is 4.79. The molecule has 0 N–H and O–H groups in total. The fourth-order valence-electron chi connectivity index (χ4n) is 3.73. The van der Waals surface area contributed by atoms with Crippen LogP contribution in [0.2, 0.25) is 5.02 Å². The maximum Gasteiger partial charge on any atom is 0.236 e. The van der Waals surface area contributed by atoms with Gasteiger partial charge in [0.2, 0.25) is 5.91 Å². The van der Waals surface area contributed by atoms with Crippen molar-refractivity contribution in [2.24, 2.45) is 0 Å². The third-order valence-electron chi connectivity index (χ3n) is 5.28. The molecular weight excluding hydrogens is 390 g/mol. The first-order valence-corrected chi connectivity index (χ1v) is 10.8. The summed E-state index contributed by atoms with van der Waals surface area (Å²) in [7, 11) is 1.99. The zero-order chi connectivity index (χ0) is 19.5. The van der Waals surface area contributed by atoms with Gasteiger partial charge in [-0.15, -0.1) is 11.3 Å². The Hall–Kier alpha value is -1.95. The summed E-state index contributed by atoms with van der Waals surface area (Å²) in [5, 5.41) is 1.95. The van der Waals surface area contributed by atoms with E-state index >= 15 is 0 Å². The minimum absolute atomic E-state index is 0.208. The highest BCUT2D eigenvalue weighted by atomic mass is 35.5. The van der Waals surface area contributed by atoms with Gasteiger partial charge in [-0.2, -0.15) is 0 Å². The summed E-state index contributed by atoms with van der Waals surface area (Å²) < 4.78 is 1.25. The van der Waals surface area contributed by atoms with Crippen LogP contribution in [0, 0.1) is 0 Å². The molecule has 1 amide bonds. The van der Waals surface area contributed by atoms with E-state index in [2.05, 4.69) is 23.1 Å². The number of halogens is 1. The molecule has 0 unspecified atom stereocenters. The van der Waals surface area contributed by atoms with Crippen molar-refractivity contribution < 1.29 is 4.79 Å². The number of hydrogen-bond acceptors (Lipinski definition) is 4. The lowest BCUT2D eigenvalue weighted by Gasteiger charge is -2.32. The lowest BCUT2D eigenvalue weighted by molar-refractivity contribution is -0.133. The topological polar surface area (TPSA) is 36.4 Å². The molecule has 3 aromatic rings. The number of rotatable bonds is 5. The van der Waals surface area contributed by atoms with Crippen molar-refractivity contribution in [3.63, 3.8) is 0 Å². The Labute approximate surface area is 174 Å². The number of thiazole rings is 1. The number of para-hydroxylation sites is 1. The van der Waals surface area contributed by atoms with Crippen LogP contribution in [-0.2, 0) is 11.3 Å². The summed E-state index contributed by atoms with van der Waals surface area (Å²) in [6.07, 6.45) is 1.99. The highest BCUT2D eigenvalue weighted by molar-refractivity contribution is 7.18. The summed E-state index contributed by atoms with van der Waals surface area (Å²) in [5.74, 6) is 0.674. The fourth-order valence-corrected chi connectivity index (χ4v) is 4.99. The highest BCUT2D eigenvalue weighted by Gasteiger charge is 2.26. The van der Waals surface area contributed by atoms with Crippen LogP contribution in [0.5, 0.6) is 0 Å². The van der Waals surface area contributed by atoms with Crippen molar-refractivity contribution in [2.75, 3.05) is 26.7 Å². The van der Waals surface area contributed by atoms with Crippen LogP contribution in [0.25, 0.3) is 10.2 Å². The third kappa shape index (κ3) is 4.54. The number of likely N-dealkylation sites (tertiary alicyclic amines) is 1. The molecule has 1 saturated heterocycles. The van der Waals surface area contributed by atoms with Crippen molar-refractivity contribution in [2.45, 2.75) is 25.3 Å². The summed E-state index contributed by atoms with van der Waals surface area (Å²) in [6.45, 7) is 2.81. The number of fused-ring (bicyclic) bond motifs is 1. The number of piperidine rings is 1. The molecule has 6 heteroatoms. The predicted molar refractivity (Wildman–Crippen MR) is 116 cm³/mol. The summed E-state index contributed by atoms with van der Waals surface area (Å²) in [5.41, 5.74) is 2.25. The van der Waals surface area contributed by atoms with Gasteiger partial charge in [-0.1, -0.05) is 35.9 Å². The van der Waals surface area contributed by atoms with Gasteiger partial charge in [0.1, 0.15) is 0 Å². The van der Waals surface area contributed by atoms with Crippen LogP contribution in [0.15, 0.2) is 48.5 Å². The first-order chi connectivity index (χ1) is 13.6. The van der Waals surface area contributed by atoms with Gasteiger partial charge in [0, 0.05) is 30.6 Å². The molecule has 0 saturated carbocycles. The monoisotopic (exact) mass is 413 g/mol. The molecule has 4 nitrogen and oxygen atoms in total. The lowest BCUT2D eigenvalue weighted by Crippen LogP contribution is -2.42. The highest BCUT2D eigenvalue weighted by Crippen LogP contribution is 2.33. The molecule has 0 radical (unpaired) electrons. The van der Waals surface area contributed by atoms with Crippen LogP contribution in [0.4, 0.5) is 0 Å². The fraction of sp³-hybridized carbons (Fsp3) is 0.364. The average molecular weight is 414 g/mol. The van der Waals surface area contributed by atoms with Crippen molar-refractivity contribution in [1.29, 1.82) is 0 Å². The molecule has 1 aliphatic rings. The van der Waals surface area contributed by atoms with E-state index in [0.29, 0.717) is 12.5 Å². The van der Waals surface area contributed by atoms with Crippen molar-refractivity contribution in [3.05, 3.63) is 64.1 Å². The number of carbonyl (C=O) groups is 1. The quantitative estimate of drug-likeness (QED) is 0.603. The normalized spacial score (nSPS) is 15.5. The first-order valence-electron chi connectivity index (χ1n) is 9.65. The van der Waals surface area contributed by atoms with Crippen molar-refractivity contribution >= 4 is 39.1 Å². The minimum atomic E-state index is 0.208. The molecule has 2 aromatic carbocycles. The summed E-state index contributed by atoms with van der Waals surface area (Å²) >= 11 is 7.73. The van der Waals surface area contributed by atoms with Gasteiger partial charge in [-0.3, -0.25) is 9.69 Å². The average Bonchev–Trinajstić information content (AvgIpc) is 3.14. The van der Waals surface area contributed by atoms with Crippen LogP contribution < -0.4 is 0 Å². The van der Waals surface area contributed by atoms with E-state index in [-0.39, 0.29) is 5.91 Å². The Morgan fingerprint density at radius 3 is 2.61 bits per heavy atom. The molecule has 4 rings (SSSR count). The van der Waals surface area contributed by atoms with Crippen LogP contribution in [-0.4, -0.2) is 47.4 Å². The Balaban J connectivity index is 1.29. The van der Waals surface area contributed by atoms with E-state index in [0.717, 1.165) is 48.6 Å². The number of carbonyl (C=O) groups excluding carboxylic acids is 1. The molecular formula is C22H24ClN3OS. The zero-order valence-corrected chi connectivity index (χ0v) is 17.5. The van der Waals surface area contributed by atoms with Gasteiger partial charge >= 0.3 is 0 Å². The van der Waals surface area contributed by atoms with E-state index in [1.807, 2.05) is 42.3 Å². The molecule has 1 aromatic heterocycles. The second-order valence-corrected chi connectivity index (χ2v) is 8.97. The maximum atomic E-state index is 12.7. The molecule has 146 valence electrons. The number of nitrogens with zero attached hydrogens (tertiary/aromatic N) is 3. The largest absolute Gasteiger partial charge is 0.342 e. The Bertz CT molecular complexity index is 915. The second-order valence-electron chi connectivity index (χ2n) is 7.47. The molecule has 0 atom stereocenters. The first kappa shape index (κ1) is 19.4. The number of likely N-dealkylation sites (N-methyl/N-ethyl adjacent to an activating group) is 1. The number of hydrogen-bond donors (Lipinski definition) is 0. The van der Waals surface area contributed by atoms with E-state index in [4.69, 9.17) is 16.6 Å². The van der Waals surface area contributed by atoms with Gasteiger partial charge in [0.25, 0.3) is 0 Å². The van der Waals surface area contributed by atoms with E-state index in [1.165, 1.54) is 9.71 Å². The molecule has 0 bridgehead atoms. The Morgan fingerprint density at radius 1 is 1.18 bits per heavy atom. The molecule has 0 aliphatic carbocycles. The molecule has 1 fully saturated rings. The van der Waals surface area contributed by atoms with Gasteiger partial charge in [-0.05, 0) is 49.7 Å². The number of benzene rings is 2. The van der Waals surface area contributed by atoms with Crippen LogP contribution >= 0.6 is 22.9 Å².